The highest BCUT2D eigenvalue weighted by molar-refractivity contribution is 9.10. The normalized spacial score (nSPS) is 9.95. The van der Waals surface area contributed by atoms with Crippen molar-refractivity contribution in [3.8, 4) is 5.75 Å². The molecule has 0 saturated heterocycles. The van der Waals surface area contributed by atoms with Crippen LogP contribution in [0.2, 0.25) is 0 Å². The van der Waals surface area contributed by atoms with Crippen LogP contribution in [0.1, 0.15) is 10.4 Å². The number of hydrogen-bond acceptors (Lipinski definition) is 3. The van der Waals surface area contributed by atoms with Gasteiger partial charge in [-0.3, -0.25) is 4.79 Å². The predicted octanol–water partition coefficient (Wildman–Crippen LogP) is 2.90. The summed E-state index contributed by atoms with van der Waals surface area (Å²) in [6.45, 7) is 0. The highest BCUT2D eigenvalue weighted by atomic mass is 79.9. The van der Waals surface area contributed by atoms with Gasteiger partial charge in [-0.25, -0.2) is 4.79 Å². The third kappa shape index (κ3) is 3.73. The van der Waals surface area contributed by atoms with E-state index in [1.807, 2.05) is 6.07 Å². The fourth-order valence-corrected chi connectivity index (χ4v) is 2.01. The molecule has 0 spiro atoms. The number of urea groups is 1. The van der Waals surface area contributed by atoms with E-state index in [9.17, 15) is 14.7 Å². The third-order valence-electron chi connectivity index (χ3n) is 2.65. The number of carbonyl (C=O) groups excluding carboxylic acids is 2. The van der Waals surface area contributed by atoms with Gasteiger partial charge in [-0.1, -0.05) is 12.1 Å². The Bertz CT molecular complexity index is 704. The number of amides is 3. The lowest BCUT2D eigenvalue weighted by Gasteiger charge is -2.10. The molecule has 0 aromatic heterocycles. The van der Waals surface area contributed by atoms with Gasteiger partial charge in [0, 0.05) is 10.0 Å². The fraction of sp³-hybridized carbons (Fsp3) is 0. The molecule has 0 unspecified atom stereocenters. The number of primary amides is 1. The first-order valence-corrected chi connectivity index (χ1v) is 6.72. The molecule has 0 aliphatic carbocycles. The molecule has 108 valence electrons. The number of para-hydroxylation sites is 1. The third-order valence-corrected chi connectivity index (χ3v) is 3.34. The quantitative estimate of drug-likeness (QED) is 0.640. The molecular weight excluding hydrogens is 338 g/mol. The first kappa shape index (κ1) is 14.9. The molecule has 2 rings (SSSR count). The minimum atomic E-state index is -0.658. The number of phenols is 1. The van der Waals surface area contributed by atoms with Gasteiger partial charge in [-0.15, -0.1) is 0 Å². The molecule has 2 aromatic carbocycles. The number of nitrogens with two attached hydrogens (primary N) is 1. The van der Waals surface area contributed by atoms with Gasteiger partial charge in [0.15, 0.2) is 0 Å². The second-order valence-corrected chi connectivity index (χ2v) is 5.01. The van der Waals surface area contributed by atoms with Crippen LogP contribution in [-0.4, -0.2) is 17.0 Å². The van der Waals surface area contributed by atoms with Gasteiger partial charge in [0.05, 0.1) is 11.4 Å². The lowest BCUT2D eigenvalue weighted by Crippen LogP contribution is -2.20. The van der Waals surface area contributed by atoms with Crippen molar-refractivity contribution in [2.75, 3.05) is 10.6 Å². The van der Waals surface area contributed by atoms with Crippen molar-refractivity contribution in [1.82, 2.24) is 0 Å². The van der Waals surface area contributed by atoms with E-state index in [4.69, 9.17) is 5.73 Å². The summed E-state index contributed by atoms with van der Waals surface area (Å²) in [6.07, 6.45) is 0. The Balaban J connectivity index is 2.10. The SMILES string of the molecule is NC(=O)c1ccc(NC(=O)Nc2ccccc2Br)c(O)c1. The van der Waals surface area contributed by atoms with Gasteiger partial charge in [0.2, 0.25) is 5.91 Å². The minimum absolute atomic E-state index is 0.157. The standard InChI is InChI=1S/C14H12BrN3O3/c15-9-3-1-2-4-10(9)17-14(21)18-11-6-5-8(13(16)20)7-12(11)19/h1-7,19H,(H2,16,20)(H2,17,18,21). The Morgan fingerprint density at radius 2 is 1.71 bits per heavy atom. The average molecular weight is 350 g/mol. The Labute approximate surface area is 129 Å². The molecule has 0 aliphatic rings. The number of nitrogens with one attached hydrogen (secondary N) is 2. The Hall–Kier alpha value is -2.54. The van der Waals surface area contributed by atoms with Gasteiger partial charge in [0.1, 0.15) is 5.75 Å². The molecule has 6 nitrogen and oxygen atoms in total. The first-order chi connectivity index (χ1) is 9.97. The van der Waals surface area contributed by atoms with Gasteiger partial charge in [-0.05, 0) is 46.3 Å². The van der Waals surface area contributed by atoms with Crippen LogP contribution in [0.4, 0.5) is 16.2 Å². The summed E-state index contributed by atoms with van der Waals surface area (Å²) >= 11 is 3.31. The summed E-state index contributed by atoms with van der Waals surface area (Å²) in [4.78, 5) is 22.8. The van der Waals surface area contributed by atoms with Crippen LogP contribution in [-0.2, 0) is 0 Å². The summed E-state index contributed by atoms with van der Waals surface area (Å²) in [5, 5.41) is 14.9. The second kappa shape index (κ2) is 6.27. The van der Waals surface area contributed by atoms with Crippen LogP contribution >= 0.6 is 15.9 Å². The molecular formula is C14H12BrN3O3. The molecule has 0 atom stereocenters. The Kier molecular flexibility index (Phi) is 4.44. The maximum Gasteiger partial charge on any atom is 0.323 e. The number of rotatable bonds is 3. The van der Waals surface area contributed by atoms with E-state index in [1.165, 1.54) is 18.2 Å². The van der Waals surface area contributed by atoms with Crippen molar-refractivity contribution >= 4 is 39.2 Å². The number of carbonyl (C=O) groups is 2. The van der Waals surface area contributed by atoms with E-state index >= 15 is 0 Å². The molecule has 0 saturated carbocycles. The molecule has 7 heteroatoms. The number of aromatic hydroxyl groups is 1. The number of anilines is 2. The van der Waals surface area contributed by atoms with E-state index < -0.39 is 11.9 Å². The van der Waals surface area contributed by atoms with E-state index in [2.05, 4.69) is 26.6 Å². The van der Waals surface area contributed by atoms with Crippen molar-refractivity contribution in [3.05, 3.63) is 52.5 Å². The summed E-state index contributed by atoms with van der Waals surface area (Å²) < 4.78 is 0.730. The molecule has 5 N–H and O–H groups in total. The average Bonchev–Trinajstić information content (AvgIpc) is 2.43. The zero-order valence-electron chi connectivity index (χ0n) is 10.8. The van der Waals surface area contributed by atoms with Crippen molar-refractivity contribution in [3.63, 3.8) is 0 Å². The lowest BCUT2D eigenvalue weighted by molar-refractivity contribution is 0.1000. The molecule has 0 aliphatic heterocycles. The summed E-state index contributed by atoms with van der Waals surface area (Å²) in [5.41, 5.74) is 6.01. The molecule has 3 amide bonds. The number of benzene rings is 2. The monoisotopic (exact) mass is 349 g/mol. The van der Waals surface area contributed by atoms with Crippen molar-refractivity contribution < 1.29 is 14.7 Å². The molecule has 0 heterocycles. The largest absolute Gasteiger partial charge is 0.506 e. The summed E-state index contributed by atoms with van der Waals surface area (Å²) in [6, 6.07) is 10.6. The van der Waals surface area contributed by atoms with Crippen LogP contribution < -0.4 is 16.4 Å². The van der Waals surface area contributed by atoms with Crippen molar-refractivity contribution in [2.45, 2.75) is 0 Å². The van der Waals surface area contributed by atoms with Gasteiger partial charge in [-0.2, -0.15) is 0 Å². The van der Waals surface area contributed by atoms with Crippen molar-refractivity contribution in [2.24, 2.45) is 5.73 Å². The first-order valence-electron chi connectivity index (χ1n) is 5.92. The predicted molar refractivity (Wildman–Crippen MR) is 83.4 cm³/mol. The van der Waals surface area contributed by atoms with Crippen LogP contribution in [0.25, 0.3) is 0 Å². The highest BCUT2D eigenvalue weighted by Gasteiger charge is 2.10. The van der Waals surface area contributed by atoms with E-state index in [-0.39, 0.29) is 17.0 Å². The molecule has 0 bridgehead atoms. The minimum Gasteiger partial charge on any atom is -0.506 e. The smallest absolute Gasteiger partial charge is 0.323 e. The fourth-order valence-electron chi connectivity index (χ4n) is 1.63. The van der Waals surface area contributed by atoms with Crippen LogP contribution in [0, 0.1) is 0 Å². The molecule has 0 fully saturated rings. The molecule has 2 aromatic rings. The zero-order valence-corrected chi connectivity index (χ0v) is 12.3. The van der Waals surface area contributed by atoms with Crippen LogP contribution in [0.15, 0.2) is 46.9 Å². The number of halogens is 1. The lowest BCUT2D eigenvalue weighted by atomic mass is 10.2. The van der Waals surface area contributed by atoms with Gasteiger partial charge >= 0.3 is 6.03 Å². The van der Waals surface area contributed by atoms with Crippen molar-refractivity contribution in [1.29, 1.82) is 0 Å². The van der Waals surface area contributed by atoms with Crippen LogP contribution in [0.5, 0.6) is 5.75 Å². The zero-order chi connectivity index (χ0) is 15.4. The van der Waals surface area contributed by atoms with Gasteiger partial charge < -0.3 is 21.5 Å². The number of hydrogen-bond donors (Lipinski definition) is 4. The Morgan fingerprint density at radius 1 is 1.05 bits per heavy atom. The second-order valence-electron chi connectivity index (χ2n) is 4.16. The van der Waals surface area contributed by atoms with Gasteiger partial charge in [0.25, 0.3) is 0 Å². The highest BCUT2D eigenvalue weighted by Crippen LogP contribution is 2.25. The number of phenolic OH excluding ortho intramolecular Hbond substituents is 1. The topological polar surface area (TPSA) is 104 Å². The van der Waals surface area contributed by atoms with Crippen LogP contribution in [0.3, 0.4) is 0 Å². The summed E-state index contributed by atoms with van der Waals surface area (Å²) in [5.74, 6) is -0.900. The maximum atomic E-state index is 11.9. The molecule has 0 radical (unpaired) electrons. The molecule has 21 heavy (non-hydrogen) atoms. The summed E-state index contributed by atoms with van der Waals surface area (Å²) in [7, 11) is 0. The van der Waals surface area contributed by atoms with E-state index in [0.717, 1.165) is 4.47 Å². The van der Waals surface area contributed by atoms with E-state index in [0.29, 0.717) is 5.69 Å². The van der Waals surface area contributed by atoms with E-state index in [1.54, 1.807) is 18.2 Å². The maximum absolute atomic E-state index is 11.9. The Morgan fingerprint density at radius 3 is 2.33 bits per heavy atom.